The average Bonchev–Trinajstić information content (AvgIpc) is 2.67. The quantitative estimate of drug-likeness (QED) is 0.549. The van der Waals surface area contributed by atoms with Crippen molar-refractivity contribution in [2.75, 3.05) is 23.0 Å². The molecule has 2 aromatic carbocycles. The number of nitrogen functional groups attached to an aromatic ring is 1. The lowest BCUT2D eigenvalue weighted by Crippen LogP contribution is -2.07. The number of esters is 1. The van der Waals surface area contributed by atoms with Crippen molar-refractivity contribution in [3.8, 4) is 0 Å². The van der Waals surface area contributed by atoms with E-state index in [-0.39, 0.29) is 5.97 Å². The number of carbonyl (C=O) groups excluding carboxylic acids is 1. The number of hydrogen-bond acceptors (Lipinski definition) is 7. The summed E-state index contributed by atoms with van der Waals surface area (Å²) in [6, 6.07) is 13.1. The van der Waals surface area contributed by atoms with E-state index in [4.69, 9.17) is 10.5 Å². The van der Waals surface area contributed by atoms with E-state index >= 15 is 0 Å². The standard InChI is InChI=1S/C21H23N5O2/c1-4-28-21(27)15-6-5-7-16(11-15)25-19-18(22)20(24-12-23-19)26-17-9-8-13(2)10-14(17)3/h5-12H,4,22H2,1-3H3,(H2,23,24,25,26). The molecule has 7 nitrogen and oxygen atoms in total. The minimum atomic E-state index is -0.376. The highest BCUT2D eigenvalue weighted by molar-refractivity contribution is 5.91. The molecule has 0 amide bonds. The number of rotatable bonds is 6. The van der Waals surface area contributed by atoms with E-state index in [9.17, 15) is 4.79 Å². The Morgan fingerprint density at radius 3 is 2.54 bits per heavy atom. The molecule has 0 spiro atoms. The van der Waals surface area contributed by atoms with Crippen LogP contribution in [0.3, 0.4) is 0 Å². The smallest absolute Gasteiger partial charge is 0.338 e. The number of aryl methyl sites for hydroxylation is 2. The first-order valence-corrected chi connectivity index (χ1v) is 8.97. The summed E-state index contributed by atoms with van der Waals surface area (Å²) in [7, 11) is 0. The molecular weight excluding hydrogens is 354 g/mol. The molecule has 28 heavy (non-hydrogen) atoms. The number of hydrogen-bond donors (Lipinski definition) is 3. The van der Waals surface area contributed by atoms with Gasteiger partial charge in [0.1, 0.15) is 12.0 Å². The fraction of sp³-hybridized carbons (Fsp3) is 0.190. The van der Waals surface area contributed by atoms with Gasteiger partial charge in [-0.25, -0.2) is 14.8 Å². The molecule has 3 aromatic rings. The van der Waals surface area contributed by atoms with Gasteiger partial charge in [-0.3, -0.25) is 0 Å². The van der Waals surface area contributed by atoms with Gasteiger partial charge in [-0.05, 0) is 50.6 Å². The second-order valence-electron chi connectivity index (χ2n) is 6.35. The summed E-state index contributed by atoms with van der Waals surface area (Å²) in [6.45, 7) is 6.16. The fourth-order valence-corrected chi connectivity index (χ4v) is 2.75. The summed E-state index contributed by atoms with van der Waals surface area (Å²) < 4.78 is 5.03. The number of aromatic nitrogens is 2. The third kappa shape index (κ3) is 4.37. The SMILES string of the molecule is CCOC(=O)c1cccc(Nc2ncnc(Nc3ccc(C)cc3C)c2N)c1. The van der Waals surface area contributed by atoms with Crippen LogP contribution in [0.15, 0.2) is 48.8 Å². The van der Waals surface area contributed by atoms with Crippen LogP contribution in [-0.4, -0.2) is 22.5 Å². The van der Waals surface area contributed by atoms with Gasteiger partial charge in [-0.15, -0.1) is 0 Å². The number of carbonyl (C=O) groups is 1. The summed E-state index contributed by atoms with van der Waals surface area (Å²) in [5, 5.41) is 6.39. The van der Waals surface area contributed by atoms with Gasteiger partial charge in [0, 0.05) is 11.4 Å². The molecule has 4 N–H and O–H groups in total. The largest absolute Gasteiger partial charge is 0.462 e. The van der Waals surface area contributed by atoms with E-state index in [2.05, 4.69) is 26.7 Å². The van der Waals surface area contributed by atoms with Crippen LogP contribution in [0.1, 0.15) is 28.4 Å². The fourth-order valence-electron chi connectivity index (χ4n) is 2.75. The molecular formula is C21H23N5O2. The Morgan fingerprint density at radius 1 is 1.07 bits per heavy atom. The van der Waals surface area contributed by atoms with Crippen LogP contribution < -0.4 is 16.4 Å². The normalized spacial score (nSPS) is 10.4. The van der Waals surface area contributed by atoms with Crippen molar-refractivity contribution in [1.82, 2.24) is 9.97 Å². The van der Waals surface area contributed by atoms with Crippen molar-refractivity contribution < 1.29 is 9.53 Å². The molecule has 0 aliphatic rings. The van der Waals surface area contributed by atoms with Crippen LogP contribution in [0.4, 0.5) is 28.7 Å². The van der Waals surface area contributed by atoms with Crippen molar-refractivity contribution in [3.05, 3.63) is 65.5 Å². The number of nitrogens with zero attached hydrogens (tertiary/aromatic N) is 2. The summed E-state index contributed by atoms with van der Waals surface area (Å²) >= 11 is 0. The first kappa shape index (κ1) is 19.2. The van der Waals surface area contributed by atoms with Crippen molar-refractivity contribution in [1.29, 1.82) is 0 Å². The number of ether oxygens (including phenoxy) is 1. The van der Waals surface area contributed by atoms with E-state index in [0.717, 1.165) is 11.3 Å². The van der Waals surface area contributed by atoms with Crippen LogP contribution in [0, 0.1) is 13.8 Å². The van der Waals surface area contributed by atoms with Crippen LogP contribution in [0.25, 0.3) is 0 Å². The zero-order valence-corrected chi connectivity index (χ0v) is 16.1. The molecule has 1 aromatic heterocycles. The predicted octanol–water partition coefficient (Wildman–Crippen LogP) is 4.34. The highest BCUT2D eigenvalue weighted by atomic mass is 16.5. The topological polar surface area (TPSA) is 102 Å². The molecule has 1 heterocycles. The molecule has 0 aliphatic heterocycles. The van der Waals surface area contributed by atoms with Crippen LogP contribution in [0.5, 0.6) is 0 Å². The molecule has 144 valence electrons. The number of anilines is 5. The lowest BCUT2D eigenvalue weighted by atomic mass is 10.1. The van der Waals surface area contributed by atoms with Crippen molar-refractivity contribution in [2.24, 2.45) is 0 Å². The summed E-state index contributed by atoms with van der Waals surface area (Å²) in [5.74, 6) is 0.577. The van der Waals surface area contributed by atoms with Gasteiger partial charge in [0.25, 0.3) is 0 Å². The predicted molar refractivity (Wildman–Crippen MR) is 111 cm³/mol. The number of benzene rings is 2. The minimum absolute atomic E-state index is 0.322. The van der Waals surface area contributed by atoms with E-state index in [1.54, 1.807) is 25.1 Å². The zero-order chi connectivity index (χ0) is 20.1. The van der Waals surface area contributed by atoms with Crippen LogP contribution >= 0.6 is 0 Å². The van der Waals surface area contributed by atoms with Gasteiger partial charge in [0.15, 0.2) is 11.6 Å². The Balaban J connectivity index is 1.83. The molecule has 3 rings (SSSR count). The maximum atomic E-state index is 11.9. The molecule has 7 heteroatoms. The third-order valence-corrected chi connectivity index (χ3v) is 4.16. The highest BCUT2D eigenvalue weighted by Gasteiger charge is 2.12. The molecule has 0 saturated heterocycles. The van der Waals surface area contributed by atoms with Gasteiger partial charge in [-0.1, -0.05) is 23.8 Å². The van der Waals surface area contributed by atoms with Crippen LogP contribution in [0.2, 0.25) is 0 Å². The van der Waals surface area contributed by atoms with E-state index in [1.165, 1.54) is 11.9 Å². The molecule has 0 aliphatic carbocycles. The van der Waals surface area contributed by atoms with Gasteiger partial charge < -0.3 is 21.1 Å². The highest BCUT2D eigenvalue weighted by Crippen LogP contribution is 2.29. The Morgan fingerprint density at radius 2 is 1.82 bits per heavy atom. The molecule has 0 atom stereocenters. The number of nitrogens with two attached hydrogens (primary N) is 1. The third-order valence-electron chi connectivity index (χ3n) is 4.16. The van der Waals surface area contributed by atoms with Gasteiger partial charge >= 0.3 is 5.97 Å². The second kappa shape index (κ2) is 8.39. The lowest BCUT2D eigenvalue weighted by Gasteiger charge is -2.14. The van der Waals surface area contributed by atoms with Crippen molar-refractivity contribution >= 4 is 34.7 Å². The maximum Gasteiger partial charge on any atom is 0.338 e. The van der Waals surface area contributed by atoms with Gasteiger partial charge in [-0.2, -0.15) is 0 Å². The first-order valence-electron chi connectivity index (χ1n) is 8.97. The summed E-state index contributed by atoms with van der Waals surface area (Å²) in [5.41, 5.74) is 11.0. The number of nitrogens with one attached hydrogen (secondary N) is 2. The van der Waals surface area contributed by atoms with Gasteiger partial charge in [0.05, 0.1) is 12.2 Å². The summed E-state index contributed by atoms with van der Waals surface area (Å²) in [6.07, 6.45) is 1.43. The van der Waals surface area contributed by atoms with Crippen molar-refractivity contribution in [2.45, 2.75) is 20.8 Å². The average molecular weight is 377 g/mol. The van der Waals surface area contributed by atoms with E-state index < -0.39 is 0 Å². The Hall–Kier alpha value is -3.61. The molecule has 0 fully saturated rings. The zero-order valence-electron chi connectivity index (χ0n) is 16.1. The van der Waals surface area contributed by atoms with Crippen molar-refractivity contribution in [3.63, 3.8) is 0 Å². The Bertz CT molecular complexity index is 1000. The van der Waals surface area contributed by atoms with E-state index in [1.807, 2.05) is 32.0 Å². The van der Waals surface area contributed by atoms with Crippen LogP contribution in [-0.2, 0) is 4.74 Å². The Labute approximate surface area is 164 Å². The maximum absolute atomic E-state index is 11.9. The minimum Gasteiger partial charge on any atom is -0.462 e. The summed E-state index contributed by atoms with van der Waals surface area (Å²) in [4.78, 5) is 20.4. The molecule has 0 bridgehead atoms. The monoisotopic (exact) mass is 377 g/mol. The second-order valence-corrected chi connectivity index (χ2v) is 6.35. The molecule has 0 unspecified atom stereocenters. The Kier molecular flexibility index (Phi) is 5.74. The molecule has 0 saturated carbocycles. The lowest BCUT2D eigenvalue weighted by molar-refractivity contribution is 0.0526. The molecule has 0 radical (unpaired) electrons. The first-order chi connectivity index (χ1) is 13.5. The van der Waals surface area contributed by atoms with E-state index in [0.29, 0.717) is 35.2 Å². The van der Waals surface area contributed by atoms with Gasteiger partial charge in [0.2, 0.25) is 0 Å².